The molecule has 0 aliphatic carbocycles. The van der Waals surface area contributed by atoms with Crippen molar-refractivity contribution in [2.75, 3.05) is 25.0 Å². The van der Waals surface area contributed by atoms with Gasteiger partial charge in [0.25, 0.3) is 0 Å². The van der Waals surface area contributed by atoms with Gasteiger partial charge in [0.05, 0.1) is 12.0 Å². The number of hydrogen-bond acceptors (Lipinski definition) is 2. The molecule has 0 unspecified atom stereocenters. The summed E-state index contributed by atoms with van der Waals surface area (Å²) < 4.78 is 38.5. The average Bonchev–Trinajstić information content (AvgIpc) is 3.16. The van der Waals surface area contributed by atoms with Crippen LogP contribution < -0.4 is 4.90 Å². The van der Waals surface area contributed by atoms with E-state index in [1.165, 1.54) is 18.9 Å². The van der Waals surface area contributed by atoms with Crippen molar-refractivity contribution in [2.24, 2.45) is 0 Å². The fraction of sp³-hybridized carbons (Fsp3) is 0.381. The average molecular weight is 376 g/mol. The SMILES string of the molecule is CN(Cc1ccccc1N1CCCC1)C(=O)Cc1cccc(C(F)(F)F)c1. The van der Waals surface area contributed by atoms with E-state index in [0.717, 1.165) is 36.5 Å². The second kappa shape index (κ2) is 8.03. The second-order valence-corrected chi connectivity index (χ2v) is 6.95. The molecule has 3 nitrogen and oxygen atoms in total. The zero-order valence-corrected chi connectivity index (χ0v) is 15.3. The number of anilines is 1. The van der Waals surface area contributed by atoms with Crippen LogP contribution in [0.25, 0.3) is 0 Å². The lowest BCUT2D eigenvalue weighted by Crippen LogP contribution is -2.29. The predicted molar refractivity (Wildman–Crippen MR) is 99.5 cm³/mol. The fourth-order valence-corrected chi connectivity index (χ4v) is 3.42. The first-order valence-electron chi connectivity index (χ1n) is 9.07. The van der Waals surface area contributed by atoms with E-state index in [2.05, 4.69) is 11.0 Å². The third kappa shape index (κ3) is 4.81. The van der Waals surface area contributed by atoms with Crippen LogP contribution in [0.3, 0.4) is 0 Å². The molecule has 1 fully saturated rings. The Kier molecular flexibility index (Phi) is 5.73. The van der Waals surface area contributed by atoms with Gasteiger partial charge in [0.2, 0.25) is 5.91 Å². The first kappa shape index (κ1) is 19.3. The standard InChI is InChI=1S/C21H23F3N2O/c1-25(15-17-8-2-3-10-19(17)26-11-4-5-12-26)20(27)14-16-7-6-9-18(13-16)21(22,23)24/h2-3,6-10,13H,4-5,11-12,14-15H2,1H3. The van der Waals surface area contributed by atoms with E-state index in [1.54, 1.807) is 18.0 Å². The molecule has 1 heterocycles. The minimum atomic E-state index is -4.40. The largest absolute Gasteiger partial charge is 0.416 e. The van der Waals surface area contributed by atoms with Gasteiger partial charge < -0.3 is 9.80 Å². The summed E-state index contributed by atoms with van der Waals surface area (Å²) in [5.74, 6) is -0.203. The first-order valence-corrected chi connectivity index (χ1v) is 9.07. The van der Waals surface area contributed by atoms with E-state index in [1.807, 2.05) is 18.2 Å². The number of rotatable bonds is 5. The van der Waals surface area contributed by atoms with Gasteiger partial charge in [-0.25, -0.2) is 0 Å². The number of benzene rings is 2. The summed E-state index contributed by atoms with van der Waals surface area (Å²) >= 11 is 0. The van der Waals surface area contributed by atoms with Crippen LogP contribution in [0.15, 0.2) is 48.5 Å². The molecule has 27 heavy (non-hydrogen) atoms. The fourth-order valence-electron chi connectivity index (χ4n) is 3.42. The highest BCUT2D eigenvalue weighted by Gasteiger charge is 2.30. The Labute approximate surface area is 157 Å². The summed E-state index contributed by atoms with van der Waals surface area (Å²) in [6.45, 7) is 2.46. The Morgan fingerprint density at radius 1 is 1.07 bits per heavy atom. The molecule has 0 N–H and O–H groups in total. The summed E-state index contributed by atoms with van der Waals surface area (Å²) in [6, 6.07) is 13.0. The van der Waals surface area contributed by atoms with Crippen LogP contribution >= 0.6 is 0 Å². The highest BCUT2D eigenvalue weighted by atomic mass is 19.4. The molecular weight excluding hydrogens is 353 g/mol. The molecule has 0 bridgehead atoms. The third-order valence-corrected chi connectivity index (χ3v) is 4.88. The monoisotopic (exact) mass is 376 g/mol. The van der Waals surface area contributed by atoms with Crippen molar-refractivity contribution >= 4 is 11.6 Å². The number of carbonyl (C=O) groups is 1. The van der Waals surface area contributed by atoms with E-state index in [9.17, 15) is 18.0 Å². The zero-order chi connectivity index (χ0) is 19.4. The number of amides is 1. The maximum absolute atomic E-state index is 12.8. The van der Waals surface area contributed by atoms with Crippen molar-refractivity contribution in [3.05, 3.63) is 65.2 Å². The van der Waals surface area contributed by atoms with Gasteiger partial charge in [0.1, 0.15) is 0 Å². The Morgan fingerprint density at radius 2 is 1.78 bits per heavy atom. The number of alkyl halides is 3. The highest BCUT2D eigenvalue weighted by molar-refractivity contribution is 5.78. The van der Waals surface area contributed by atoms with Crippen molar-refractivity contribution in [3.63, 3.8) is 0 Å². The number of para-hydroxylation sites is 1. The molecule has 0 saturated carbocycles. The van der Waals surface area contributed by atoms with Gasteiger partial charge in [-0.3, -0.25) is 4.79 Å². The van der Waals surface area contributed by atoms with Crippen molar-refractivity contribution in [3.8, 4) is 0 Å². The molecule has 1 aliphatic rings. The molecule has 3 rings (SSSR count). The molecule has 0 spiro atoms. The maximum atomic E-state index is 12.8. The van der Waals surface area contributed by atoms with Gasteiger partial charge in [0.15, 0.2) is 0 Å². The molecule has 6 heteroatoms. The van der Waals surface area contributed by atoms with Crippen LogP contribution in [-0.4, -0.2) is 30.9 Å². The summed E-state index contributed by atoms with van der Waals surface area (Å²) in [5.41, 5.74) is 1.83. The number of nitrogens with zero attached hydrogens (tertiary/aromatic N) is 2. The molecule has 1 saturated heterocycles. The molecule has 2 aromatic rings. The second-order valence-electron chi connectivity index (χ2n) is 6.95. The first-order chi connectivity index (χ1) is 12.8. The van der Waals surface area contributed by atoms with Crippen LogP contribution in [0.4, 0.5) is 18.9 Å². The van der Waals surface area contributed by atoms with Gasteiger partial charge in [-0.2, -0.15) is 13.2 Å². The van der Waals surface area contributed by atoms with E-state index in [4.69, 9.17) is 0 Å². The van der Waals surface area contributed by atoms with Crippen LogP contribution in [0.2, 0.25) is 0 Å². The number of halogens is 3. The third-order valence-electron chi connectivity index (χ3n) is 4.88. The molecule has 1 aliphatic heterocycles. The van der Waals surface area contributed by atoms with Crippen molar-refractivity contribution in [1.29, 1.82) is 0 Å². The van der Waals surface area contributed by atoms with Crippen molar-refractivity contribution in [1.82, 2.24) is 4.90 Å². The smallest absolute Gasteiger partial charge is 0.371 e. The predicted octanol–water partition coefficient (Wildman–Crippen LogP) is 4.51. The van der Waals surface area contributed by atoms with Gasteiger partial charge in [-0.1, -0.05) is 36.4 Å². The highest BCUT2D eigenvalue weighted by Crippen LogP contribution is 2.30. The van der Waals surface area contributed by atoms with Gasteiger partial charge in [-0.15, -0.1) is 0 Å². The Balaban J connectivity index is 1.68. The van der Waals surface area contributed by atoms with Crippen LogP contribution in [0.1, 0.15) is 29.5 Å². The maximum Gasteiger partial charge on any atom is 0.416 e. The lowest BCUT2D eigenvalue weighted by Gasteiger charge is -2.24. The van der Waals surface area contributed by atoms with Gasteiger partial charge in [-0.05, 0) is 36.1 Å². The Morgan fingerprint density at radius 3 is 2.48 bits per heavy atom. The lowest BCUT2D eigenvalue weighted by molar-refractivity contribution is -0.138. The molecule has 0 atom stereocenters. The topological polar surface area (TPSA) is 23.6 Å². The van der Waals surface area contributed by atoms with Crippen molar-refractivity contribution in [2.45, 2.75) is 32.0 Å². The summed E-state index contributed by atoms with van der Waals surface area (Å²) in [4.78, 5) is 16.4. The summed E-state index contributed by atoms with van der Waals surface area (Å²) in [6.07, 6.45) is -2.12. The van der Waals surface area contributed by atoms with E-state index >= 15 is 0 Å². The van der Waals surface area contributed by atoms with E-state index < -0.39 is 11.7 Å². The molecular formula is C21H23F3N2O. The summed E-state index contributed by atoms with van der Waals surface area (Å²) in [5, 5.41) is 0. The molecule has 0 aromatic heterocycles. The minimum Gasteiger partial charge on any atom is -0.371 e. The molecule has 2 aromatic carbocycles. The number of likely N-dealkylation sites (N-methyl/N-ethyl adjacent to an activating group) is 1. The minimum absolute atomic E-state index is 0.0493. The van der Waals surface area contributed by atoms with Gasteiger partial charge >= 0.3 is 6.18 Å². The van der Waals surface area contributed by atoms with E-state index in [-0.39, 0.29) is 12.3 Å². The van der Waals surface area contributed by atoms with Gasteiger partial charge in [0, 0.05) is 32.4 Å². The normalized spacial score (nSPS) is 14.4. The molecule has 0 radical (unpaired) electrons. The molecule has 1 amide bonds. The summed E-state index contributed by atoms with van der Waals surface area (Å²) in [7, 11) is 1.69. The zero-order valence-electron chi connectivity index (χ0n) is 15.3. The van der Waals surface area contributed by atoms with Crippen LogP contribution in [0, 0.1) is 0 Å². The van der Waals surface area contributed by atoms with Crippen molar-refractivity contribution < 1.29 is 18.0 Å². The van der Waals surface area contributed by atoms with E-state index in [0.29, 0.717) is 12.1 Å². The quantitative estimate of drug-likeness (QED) is 0.767. The number of hydrogen-bond donors (Lipinski definition) is 0. The Hall–Kier alpha value is -2.50. The Bertz CT molecular complexity index is 798. The lowest BCUT2D eigenvalue weighted by atomic mass is 10.1. The number of carbonyl (C=O) groups excluding carboxylic acids is 1. The van der Waals surface area contributed by atoms with Crippen LogP contribution in [0.5, 0.6) is 0 Å². The van der Waals surface area contributed by atoms with Crippen LogP contribution in [-0.2, 0) is 23.9 Å². The molecule has 144 valence electrons.